The van der Waals surface area contributed by atoms with Gasteiger partial charge in [-0.1, -0.05) is 20.7 Å². The number of hydrogen-bond acceptors (Lipinski definition) is 3. The van der Waals surface area contributed by atoms with Gasteiger partial charge in [0, 0.05) is 7.11 Å². The maximum absolute atomic E-state index is 5.96. The Labute approximate surface area is 102 Å². The van der Waals surface area contributed by atoms with Crippen LogP contribution in [0.3, 0.4) is 0 Å². The van der Waals surface area contributed by atoms with Crippen molar-refractivity contribution in [2.24, 2.45) is 11.8 Å². The van der Waals surface area contributed by atoms with Crippen molar-refractivity contribution in [3.05, 3.63) is 0 Å². The summed E-state index contributed by atoms with van der Waals surface area (Å²) < 4.78 is 17.1. The van der Waals surface area contributed by atoms with E-state index in [1.807, 2.05) is 6.82 Å². The van der Waals surface area contributed by atoms with Crippen LogP contribution in [0.4, 0.5) is 0 Å². The molecule has 0 amide bonds. The topological polar surface area (TPSA) is 27.7 Å². The van der Waals surface area contributed by atoms with Crippen molar-refractivity contribution in [1.29, 1.82) is 0 Å². The molecule has 1 aliphatic heterocycles. The summed E-state index contributed by atoms with van der Waals surface area (Å²) in [6.45, 7) is 9.38. The lowest BCUT2D eigenvalue weighted by Gasteiger charge is -2.43. The van der Waals surface area contributed by atoms with Gasteiger partial charge in [0.15, 0.2) is 0 Å². The summed E-state index contributed by atoms with van der Waals surface area (Å²) in [5.41, 5.74) is 0. The summed E-state index contributed by atoms with van der Waals surface area (Å²) in [4.78, 5) is 0. The Hall–Kier alpha value is 0.375. The van der Waals surface area contributed by atoms with E-state index >= 15 is 0 Å². The first-order valence-corrected chi connectivity index (χ1v) is 6.69. The smallest absolute Gasteiger partial charge is 0.311 e. The number of ether oxygens (including phenoxy) is 2. The molecule has 0 aromatic heterocycles. The molecule has 1 rings (SSSR count). The summed E-state index contributed by atoms with van der Waals surface area (Å²) in [6.07, 6.45) is 0.517. The van der Waals surface area contributed by atoms with Crippen LogP contribution in [-0.2, 0) is 14.1 Å². The minimum Gasteiger partial charge on any atom is -0.429 e. The molecule has 3 unspecified atom stereocenters. The van der Waals surface area contributed by atoms with E-state index in [1.54, 1.807) is 7.11 Å². The van der Waals surface area contributed by atoms with Crippen LogP contribution in [0, 0.1) is 11.8 Å². The molecule has 1 fully saturated rings. The van der Waals surface area contributed by atoms with E-state index < -0.39 is 0 Å². The molecule has 6 atom stereocenters. The molecule has 0 bridgehead atoms. The fraction of sp³-hybridized carbons (Fsp3) is 1.00. The van der Waals surface area contributed by atoms with Crippen LogP contribution in [0.25, 0.3) is 0 Å². The van der Waals surface area contributed by atoms with Gasteiger partial charge < -0.3 is 14.1 Å². The molecule has 0 spiro atoms. The molecule has 0 radical (unpaired) electrons. The van der Waals surface area contributed by atoms with Gasteiger partial charge in [0.1, 0.15) is 0 Å². The quantitative estimate of drug-likeness (QED) is 0.561. The van der Waals surface area contributed by atoms with Crippen LogP contribution < -0.4 is 0 Å². The van der Waals surface area contributed by atoms with Crippen LogP contribution in [0.1, 0.15) is 20.8 Å². The first-order chi connectivity index (χ1) is 7.47. The highest BCUT2D eigenvalue weighted by Crippen LogP contribution is 2.32. The van der Waals surface area contributed by atoms with E-state index in [9.17, 15) is 0 Å². The predicted molar refractivity (Wildman–Crippen MR) is 70.7 cm³/mol. The lowest BCUT2D eigenvalue weighted by molar-refractivity contribution is -0.178. The maximum atomic E-state index is 5.96. The van der Waals surface area contributed by atoms with Crippen molar-refractivity contribution >= 4 is 15.8 Å². The Balaban J connectivity index is 2.55. The largest absolute Gasteiger partial charge is 0.429 e. The molecule has 0 aromatic rings. The summed E-state index contributed by atoms with van der Waals surface area (Å²) in [5, 5.41) is 0. The SMILES string of the molecule is COC1[C@H](C)OC(COB(C)P)[C@@H](C)[C@@H]1C. The first kappa shape index (κ1) is 14.4. The van der Waals surface area contributed by atoms with E-state index in [2.05, 4.69) is 29.9 Å². The molecule has 0 saturated carbocycles. The Morgan fingerprint density at radius 1 is 1.25 bits per heavy atom. The zero-order valence-corrected chi connectivity index (χ0v) is 12.1. The van der Waals surface area contributed by atoms with Gasteiger partial charge in [-0.2, -0.15) is 0 Å². The molecule has 0 aromatic carbocycles. The molecule has 1 aliphatic rings. The Kier molecular flexibility index (Phi) is 5.73. The van der Waals surface area contributed by atoms with Gasteiger partial charge in [-0.05, 0) is 18.8 Å². The second-order valence-electron chi connectivity index (χ2n) is 4.84. The standard InChI is InChI=1S/C11H24BO3P/c1-7-8(2)11(13-5)9(3)15-10(7)6-14-12(4)16/h7-11H,6,16H2,1-5H3/t7-,8-,9-,10?,11?/m0/s1. The lowest BCUT2D eigenvalue weighted by Crippen LogP contribution is -2.50. The van der Waals surface area contributed by atoms with E-state index in [-0.39, 0.29) is 24.9 Å². The minimum atomic E-state index is 0.143. The summed E-state index contributed by atoms with van der Waals surface area (Å²) >= 11 is 0. The predicted octanol–water partition coefficient (Wildman–Crippen LogP) is 2.07. The molecule has 3 nitrogen and oxygen atoms in total. The second kappa shape index (κ2) is 6.35. The van der Waals surface area contributed by atoms with Crippen molar-refractivity contribution in [3.8, 4) is 0 Å². The average Bonchev–Trinajstić information content (AvgIpc) is 2.22. The zero-order chi connectivity index (χ0) is 12.3. The molecule has 1 heterocycles. The van der Waals surface area contributed by atoms with Crippen LogP contribution in [0.15, 0.2) is 0 Å². The van der Waals surface area contributed by atoms with Gasteiger partial charge >= 0.3 is 6.64 Å². The van der Waals surface area contributed by atoms with Gasteiger partial charge in [-0.3, -0.25) is 0 Å². The Bertz CT molecular complexity index is 215. The number of methoxy groups -OCH3 is 1. The van der Waals surface area contributed by atoms with Crippen LogP contribution in [0.5, 0.6) is 0 Å². The molecule has 0 aliphatic carbocycles. The Morgan fingerprint density at radius 2 is 1.88 bits per heavy atom. The summed E-state index contributed by atoms with van der Waals surface area (Å²) in [6, 6.07) is 0. The van der Waals surface area contributed by atoms with E-state index in [0.717, 1.165) is 0 Å². The summed E-state index contributed by atoms with van der Waals surface area (Å²) in [7, 11) is 4.40. The third kappa shape index (κ3) is 3.43. The van der Waals surface area contributed by atoms with Crippen molar-refractivity contribution in [1.82, 2.24) is 0 Å². The van der Waals surface area contributed by atoms with Crippen LogP contribution in [-0.4, -0.2) is 38.7 Å². The molecule has 16 heavy (non-hydrogen) atoms. The molecule has 1 saturated heterocycles. The molecule has 94 valence electrons. The highest BCUT2D eigenvalue weighted by Gasteiger charge is 2.39. The van der Waals surface area contributed by atoms with Gasteiger partial charge in [0.25, 0.3) is 0 Å². The third-order valence-electron chi connectivity index (χ3n) is 3.58. The minimum absolute atomic E-state index is 0.143. The Morgan fingerprint density at radius 3 is 2.38 bits per heavy atom. The van der Waals surface area contributed by atoms with Crippen molar-refractivity contribution in [3.63, 3.8) is 0 Å². The molecule has 0 N–H and O–H groups in total. The van der Waals surface area contributed by atoms with Gasteiger partial charge in [0.2, 0.25) is 0 Å². The highest BCUT2D eigenvalue weighted by molar-refractivity contribution is 7.60. The van der Waals surface area contributed by atoms with Crippen molar-refractivity contribution in [2.75, 3.05) is 13.7 Å². The maximum Gasteiger partial charge on any atom is 0.311 e. The fourth-order valence-corrected chi connectivity index (χ4v) is 2.50. The number of rotatable bonds is 4. The van der Waals surface area contributed by atoms with Crippen LogP contribution >= 0.6 is 9.12 Å². The highest BCUT2D eigenvalue weighted by atomic mass is 31.0. The summed E-state index contributed by atoms with van der Waals surface area (Å²) in [5.74, 6) is 0.965. The monoisotopic (exact) mass is 246 g/mol. The fourth-order valence-electron chi connectivity index (χ4n) is 2.39. The average molecular weight is 246 g/mol. The van der Waals surface area contributed by atoms with Crippen molar-refractivity contribution in [2.45, 2.75) is 45.9 Å². The van der Waals surface area contributed by atoms with E-state index in [0.29, 0.717) is 18.4 Å². The third-order valence-corrected chi connectivity index (χ3v) is 3.77. The normalized spacial score (nSPS) is 39.8. The molecular weight excluding hydrogens is 222 g/mol. The van der Waals surface area contributed by atoms with E-state index in [4.69, 9.17) is 14.1 Å². The second-order valence-corrected chi connectivity index (χ2v) is 5.78. The van der Waals surface area contributed by atoms with Crippen LogP contribution in [0.2, 0.25) is 6.82 Å². The van der Waals surface area contributed by atoms with Gasteiger partial charge in [-0.25, -0.2) is 0 Å². The first-order valence-electron chi connectivity index (χ1n) is 6.02. The molecule has 5 heteroatoms. The van der Waals surface area contributed by atoms with Gasteiger partial charge in [-0.15, -0.1) is 9.12 Å². The zero-order valence-electron chi connectivity index (χ0n) is 11.0. The van der Waals surface area contributed by atoms with Gasteiger partial charge in [0.05, 0.1) is 24.9 Å². The lowest BCUT2D eigenvalue weighted by atomic mass is 9.81. The molecular formula is C11H24BO3P. The van der Waals surface area contributed by atoms with Crippen molar-refractivity contribution < 1.29 is 14.1 Å². The number of hydrogen-bond donors (Lipinski definition) is 0. The van der Waals surface area contributed by atoms with E-state index in [1.165, 1.54) is 0 Å².